The van der Waals surface area contributed by atoms with E-state index in [-0.39, 0.29) is 24.4 Å². The molecule has 1 saturated heterocycles. The van der Waals surface area contributed by atoms with Crippen LogP contribution in [0.2, 0.25) is 0 Å². The molecule has 2 atom stereocenters. The van der Waals surface area contributed by atoms with Crippen LogP contribution in [0.1, 0.15) is 52.0 Å². The maximum absolute atomic E-state index is 12.6. The van der Waals surface area contributed by atoms with Gasteiger partial charge in [0.1, 0.15) is 5.75 Å². The number of amides is 1. The monoisotopic (exact) mass is 354 g/mol. The zero-order valence-corrected chi connectivity index (χ0v) is 16.0. The molecular weight excluding hydrogens is 324 g/mol. The number of likely N-dealkylation sites (tertiary alicyclic amines) is 1. The highest BCUT2D eigenvalue weighted by molar-refractivity contribution is 5.85. The minimum atomic E-state index is -0.454. The molecule has 1 aliphatic rings. The molecule has 1 fully saturated rings. The quantitative estimate of drug-likeness (QED) is 0.879. The second-order valence-electron chi connectivity index (χ2n) is 7.01. The number of nitrogens with zero attached hydrogens (tertiary/aromatic N) is 1. The van der Waals surface area contributed by atoms with Crippen molar-refractivity contribution in [1.29, 1.82) is 0 Å². The summed E-state index contributed by atoms with van der Waals surface area (Å²) in [6.45, 7) is 9.75. The second kappa shape index (κ2) is 9.28. The summed E-state index contributed by atoms with van der Waals surface area (Å²) in [5, 5.41) is 0. The average molecular weight is 355 g/mol. The molecule has 4 nitrogen and oxygen atoms in total. The Balaban J connectivity index is 0.00000288. The summed E-state index contributed by atoms with van der Waals surface area (Å²) in [5.41, 5.74) is 7.18. The molecule has 136 valence electrons. The molecule has 24 heavy (non-hydrogen) atoms. The van der Waals surface area contributed by atoms with Crippen molar-refractivity contribution in [2.45, 2.75) is 58.6 Å². The number of hydrogen-bond acceptors (Lipinski definition) is 3. The average Bonchev–Trinajstić information content (AvgIpc) is 2.54. The molecule has 0 aromatic heterocycles. The van der Waals surface area contributed by atoms with E-state index in [1.807, 2.05) is 30.0 Å². The number of carbonyl (C=O) groups is 1. The van der Waals surface area contributed by atoms with Gasteiger partial charge < -0.3 is 15.4 Å². The predicted molar refractivity (Wildman–Crippen MR) is 101 cm³/mol. The van der Waals surface area contributed by atoms with E-state index in [0.29, 0.717) is 11.8 Å². The molecule has 1 heterocycles. The number of rotatable bonds is 5. The molecule has 2 N–H and O–H groups in total. The van der Waals surface area contributed by atoms with Gasteiger partial charge in [0.25, 0.3) is 5.91 Å². The van der Waals surface area contributed by atoms with E-state index in [1.54, 1.807) is 0 Å². The first-order valence-corrected chi connectivity index (χ1v) is 8.69. The minimum absolute atomic E-state index is 0. The smallest absolute Gasteiger partial charge is 0.263 e. The number of halogens is 1. The van der Waals surface area contributed by atoms with Crippen molar-refractivity contribution < 1.29 is 9.53 Å². The second-order valence-corrected chi connectivity index (χ2v) is 7.01. The van der Waals surface area contributed by atoms with Crippen molar-refractivity contribution in [3.63, 3.8) is 0 Å². The van der Waals surface area contributed by atoms with Crippen molar-refractivity contribution in [2.75, 3.05) is 13.1 Å². The van der Waals surface area contributed by atoms with Gasteiger partial charge in [-0.15, -0.1) is 12.4 Å². The molecule has 0 spiro atoms. The van der Waals surface area contributed by atoms with Gasteiger partial charge in [-0.3, -0.25) is 4.79 Å². The van der Waals surface area contributed by atoms with Crippen molar-refractivity contribution in [1.82, 2.24) is 4.90 Å². The normalized spacial score (nSPS) is 18.0. The molecule has 0 aliphatic carbocycles. The van der Waals surface area contributed by atoms with Gasteiger partial charge in [0.2, 0.25) is 0 Å². The zero-order chi connectivity index (χ0) is 17.0. The highest BCUT2D eigenvalue weighted by atomic mass is 35.5. The van der Waals surface area contributed by atoms with Crippen molar-refractivity contribution in [2.24, 2.45) is 11.7 Å². The number of benzene rings is 1. The summed E-state index contributed by atoms with van der Waals surface area (Å²) in [6, 6.07) is 8.22. The lowest BCUT2D eigenvalue weighted by atomic mass is 9.91. The summed E-state index contributed by atoms with van der Waals surface area (Å²) in [4.78, 5) is 14.5. The van der Waals surface area contributed by atoms with Gasteiger partial charge in [0.15, 0.2) is 6.10 Å². The number of piperidine rings is 1. The van der Waals surface area contributed by atoms with Crippen LogP contribution in [0.3, 0.4) is 0 Å². The van der Waals surface area contributed by atoms with Crippen molar-refractivity contribution >= 4 is 18.3 Å². The third kappa shape index (κ3) is 5.38. The van der Waals surface area contributed by atoms with Gasteiger partial charge in [-0.05, 0) is 56.2 Å². The molecule has 0 bridgehead atoms. The molecule has 1 aromatic carbocycles. The maximum Gasteiger partial charge on any atom is 0.263 e. The highest BCUT2D eigenvalue weighted by Crippen LogP contribution is 2.23. The Morgan fingerprint density at radius 1 is 1.21 bits per heavy atom. The van der Waals surface area contributed by atoms with Gasteiger partial charge in [-0.2, -0.15) is 0 Å². The van der Waals surface area contributed by atoms with Crippen LogP contribution in [0.15, 0.2) is 24.3 Å². The molecule has 1 amide bonds. The number of ether oxygens (including phenoxy) is 1. The van der Waals surface area contributed by atoms with E-state index in [0.717, 1.165) is 31.7 Å². The minimum Gasteiger partial charge on any atom is -0.481 e. The molecule has 0 saturated carbocycles. The topological polar surface area (TPSA) is 55.6 Å². The van der Waals surface area contributed by atoms with E-state index in [4.69, 9.17) is 10.5 Å². The van der Waals surface area contributed by atoms with Gasteiger partial charge in [-0.1, -0.05) is 26.0 Å². The summed E-state index contributed by atoms with van der Waals surface area (Å²) in [7, 11) is 0. The first-order chi connectivity index (χ1) is 10.9. The van der Waals surface area contributed by atoms with E-state index < -0.39 is 6.10 Å². The first-order valence-electron chi connectivity index (χ1n) is 8.69. The lowest BCUT2D eigenvalue weighted by Gasteiger charge is -2.35. The SMILES string of the molecule is CC(Oc1cccc(C(C)C)c1)C(=O)N1CCC(C(C)N)CC1.Cl. The Morgan fingerprint density at radius 2 is 1.83 bits per heavy atom. The van der Waals surface area contributed by atoms with Crippen LogP contribution >= 0.6 is 12.4 Å². The summed E-state index contributed by atoms with van der Waals surface area (Å²) in [5.74, 6) is 1.81. The van der Waals surface area contributed by atoms with Crippen LogP contribution in [0, 0.1) is 5.92 Å². The standard InChI is InChI=1S/C19H30N2O2.ClH/c1-13(2)17-6-5-7-18(12-17)23-15(4)19(22)21-10-8-16(9-11-21)14(3)20;/h5-7,12-16H,8-11,20H2,1-4H3;1H. The fraction of sp³-hybridized carbons (Fsp3) is 0.632. The zero-order valence-electron chi connectivity index (χ0n) is 15.2. The Bertz CT molecular complexity index is 526. The van der Waals surface area contributed by atoms with Gasteiger partial charge in [0.05, 0.1) is 0 Å². The molecule has 1 aliphatic heterocycles. The Morgan fingerprint density at radius 3 is 2.38 bits per heavy atom. The summed E-state index contributed by atoms with van der Waals surface area (Å²) < 4.78 is 5.88. The molecule has 2 unspecified atom stereocenters. The number of carbonyl (C=O) groups excluding carboxylic acids is 1. The Labute approximate surface area is 152 Å². The number of hydrogen-bond donors (Lipinski definition) is 1. The van der Waals surface area contributed by atoms with Gasteiger partial charge in [0, 0.05) is 19.1 Å². The number of nitrogens with two attached hydrogens (primary N) is 1. The van der Waals surface area contributed by atoms with Crippen molar-refractivity contribution in [3.8, 4) is 5.75 Å². The maximum atomic E-state index is 12.6. The molecule has 1 aromatic rings. The lowest BCUT2D eigenvalue weighted by Crippen LogP contribution is -2.46. The van der Waals surface area contributed by atoms with Crippen molar-refractivity contribution in [3.05, 3.63) is 29.8 Å². The van der Waals surface area contributed by atoms with Crippen LogP contribution in [-0.2, 0) is 4.79 Å². The Kier molecular flexibility index (Phi) is 8.04. The fourth-order valence-corrected chi connectivity index (χ4v) is 3.10. The first kappa shape index (κ1) is 20.8. The van der Waals surface area contributed by atoms with Crippen LogP contribution in [0.5, 0.6) is 5.75 Å². The molecular formula is C19H31ClN2O2. The van der Waals surface area contributed by atoms with Gasteiger partial charge >= 0.3 is 0 Å². The van der Waals surface area contributed by atoms with Gasteiger partial charge in [-0.25, -0.2) is 0 Å². The van der Waals surface area contributed by atoms with Crippen LogP contribution in [0.25, 0.3) is 0 Å². The fourth-order valence-electron chi connectivity index (χ4n) is 3.10. The third-order valence-corrected chi connectivity index (χ3v) is 4.78. The van der Waals surface area contributed by atoms with Crippen LogP contribution < -0.4 is 10.5 Å². The van der Waals surface area contributed by atoms with E-state index >= 15 is 0 Å². The van der Waals surface area contributed by atoms with Crippen LogP contribution in [-0.4, -0.2) is 36.0 Å². The van der Waals surface area contributed by atoms with E-state index in [1.165, 1.54) is 5.56 Å². The molecule has 5 heteroatoms. The summed E-state index contributed by atoms with van der Waals surface area (Å²) >= 11 is 0. The predicted octanol–water partition coefficient (Wildman–Crippen LogP) is 3.58. The molecule has 2 rings (SSSR count). The van der Waals surface area contributed by atoms with E-state index in [2.05, 4.69) is 26.8 Å². The Hall–Kier alpha value is -1.26. The highest BCUT2D eigenvalue weighted by Gasteiger charge is 2.28. The third-order valence-electron chi connectivity index (χ3n) is 4.78. The van der Waals surface area contributed by atoms with Crippen LogP contribution in [0.4, 0.5) is 0 Å². The molecule has 0 radical (unpaired) electrons. The largest absolute Gasteiger partial charge is 0.481 e. The van der Waals surface area contributed by atoms with E-state index in [9.17, 15) is 4.79 Å². The lowest BCUT2D eigenvalue weighted by molar-refractivity contribution is -0.139. The summed E-state index contributed by atoms with van der Waals surface area (Å²) in [6.07, 6.45) is 1.52.